The molecule has 2 unspecified atom stereocenters. The molecule has 25 heavy (non-hydrogen) atoms. The van der Waals surface area contributed by atoms with Crippen LogP contribution in [0.4, 0.5) is 17.1 Å². The van der Waals surface area contributed by atoms with E-state index in [0.717, 1.165) is 12.1 Å². The van der Waals surface area contributed by atoms with Crippen LogP contribution < -0.4 is 11.1 Å². The molecule has 0 aromatic heterocycles. The van der Waals surface area contributed by atoms with Crippen LogP contribution in [0.5, 0.6) is 0 Å². The molecule has 1 aliphatic heterocycles. The van der Waals surface area contributed by atoms with Crippen molar-refractivity contribution in [1.29, 1.82) is 0 Å². The van der Waals surface area contributed by atoms with Crippen LogP contribution >= 0.6 is 0 Å². The Morgan fingerprint density at radius 2 is 1.60 bits per heavy atom. The van der Waals surface area contributed by atoms with Crippen molar-refractivity contribution in [3.63, 3.8) is 0 Å². The molecule has 2 nitrogen and oxygen atoms in total. The Kier molecular flexibility index (Phi) is 2.99. The van der Waals surface area contributed by atoms with Crippen LogP contribution in [0.25, 0.3) is 0 Å². The van der Waals surface area contributed by atoms with Crippen molar-refractivity contribution in [1.82, 2.24) is 0 Å². The fourth-order valence-corrected chi connectivity index (χ4v) is 4.88. The number of rotatable bonds is 0. The van der Waals surface area contributed by atoms with Crippen LogP contribution in [-0.4, -0.2) is 0 Å². The number of nitrogen functional groups attached to an aromatic ring is 1. The molecular weight excluding hydrogens is 304 g/mol. The fourth-order valence-electron chi connectivity index (χ4n) is 4.88. The average molecular weight is 326 g/mol. The van der Waals surface area contributed by atoms with Gasteiger partial charge in [0, 0.05) is 22.5 Å². The van der Waals surface area contributed by atoms with Crippen LogP contribution in [0.2, 0.25) is 0 Å². The SMILES string of the molecule is CC1CCC2(c3ccccc3Nc3ccc(N)cc32)c2ccccc21. The quantitative estimate of drug-likeness (QED) is 0.531. The molecular formula is C23H22N2. The molecule has 3 aromatic rings. The highest BCUT2D eigenvalue weighted by atomic mass is 14.9. The van der Waals surface area contributed by atoms with E-state index in [0.29, 0.717) is 5.92 Å². The van der Waals surface area contributed by atoms with Crippen molar-refractivity contribution in [3.05, 3.63) is 89.0 Å². The molecule has 3 N–H and O–H groups in total. The predicted molar refractivity (Wildman–Crippen MR) is 105 cm³/mol. The van der Waals surface area contributed by atoms with Gasteiger partial charge in [0.25, 0.3) is 0 Å². The molecule has 5 rings (SSSR count). The van der Waals surface area contributed by atoms with E-state index in [4.69, 9.17) is 5.73 Å². The third kappa shape index (κ3) is 1.91. The van der Waals surface area contributed by atoms with Gasteiger partial charge in [-0.2, -0.15) is 0 Å². The van der Waals surface area contributed by atoms with Gasteiger partial charge in [0.1, 0.15) is 0 Å². The molecule has 1 aliphatic carbocycles. The summed E-state index contributed by atoms with van der Waals surface area (Å²) in [5, 5.41) is 3.63. The van der Waals surface area contributed by atoms with Gasteiger partial charge in [-0.1, -0.05) is 49.4 Å². The molecule has 1 heterocycles. The van der Waals surface area contributed by atoms with Crippen LogP contribution in [0.3, 0.4) is 0 Å². The Bertz CT molecular complexity index is 975. The van der Waals surface area contributed by atoms with Gasteiger partial charge in [-0.25, -0.2) is 0 Å². The number of para-hydroxylation sites is 1. The maximum atomic E-state index is 6.21. The van der Waals surface area contributed by atoms with Gasteiger partial charge in [0.2, 0.25) is 0 Å². The van der Waals surface area contributed by atoms with E-state index >= 15 is 0 Å². The minimum absolute atomic E-state index is 0.115. The van der Waals surface area contributed by atoms with E-state index in [2.05, 4.69) is 72.9 Å². The first-order chi connectivity index (χ1) is 12.2. The summed E-state index contributed by atoms with van der Waals surface area (Å²) < 4.78 is 0. The van der Waals surface area contributed by atoms with Gasteiger partial charge in [-0.05, 0) is 65.3 Å². The average Bonchev–Trinajstić information content (AvgIpc) is 2.65. The molecule has 2 heteroatoms. The summed E-state index contributed by atoms with van der Waals surface area (Å²) in [6.07, 6.45) is 2.29. The summed E-state index contributed by atoms with van der Waals surface area (Å²) in [5.74, 6) is 0.591. The maximum Gasteiger partial charge on any atom is 0.0496 e. The smallest absolute Gasteiger partial charge is 0.0496 e. The number of benzene rings is 3. The lowest BCUT2D eigenvalue weighted by Crippen LogP contribution is -2.38. The number of hydrogen-bond acceptors (Lipinski definition) is 2. The third-order valence-corrected chi connectivity index (χ3v) is 6.06. The van der Waals surface area contributed by atoms with Crippen molar-refractivity contribution in [3.8, 4) is 0 Å². The Morgan fingerprint density at radius 1 is 0.880 bits per heavy atom. The second-order valence-corrected chi connectivity index (χ2v) is 7.41. The highest BCUT2D eigenvalue weighted by molar-refractivity contribution is 5.80. The molecule has 2 aliphatic rings. The summed E-state index contributed by atoms with van der Waals surface area (Å²) in [6, 6.07) is 24.0. The van der Waals surface area contributed by atoms with E-state index < -0.39 is 0 Å². The third-order valence-electron chi connectivity index (χ3n) is 6.06. The normalized spacial score (nSPS) is 23.3. The predicted octanol–water partition coefficient (Wildman–Crippen LogP) is 5.56. The fraction of sp³-hybridized carbons (Fsp3) is 0.217. The molecule has 3 aromatic carbocycles. The molecule has 0 bridgehead atoms. The van der Waals surface area contributed by atoms with E-state index in [1.54, 1.807) is 0 Å². The standard InChI is InChI=1S/C23H22N2/c1-15-12-13-23(18-7-3-2-6-17(15)18)19-8-4-5-9-21(19)25-22-11-10-16(24)14-20(22)23/h2-11,14-15,25H,12-13,24H2,1H3. The van der Waals surface area contributed by atoms with Gasteiger partial charge in [-0.3, -0.25) is 0 Å². The summed E-state index contributed by atoms with van der Waals surface area (Å²) in [6.45, 7) is 2.35. The van der Waals surface area contributed by atoms with E-state index in [-0.39, 0.29) is 5.41 Å². The molecule has 1 spiro atoms. The largest absolute Gasteiger partial charge is 0.399 e. The monoisotopic (exact) mass is 326 g/mol. The van der Waals surface area contributed by atoms with Crippen molar-refractivity contribution in [2.45, 2.75) is 31.1 Å². The number of nitrogens with two attached hydrogens (primary N) is 1. The van der Waals surface area contributed by atoms with E-state index in [9.17, 15) is 0 Å². The second-order valence-electron chi connectivity index (χ2n) is 7.41. The first-order valence-electron chi connectivity index (χ1n) is 9.06. The number of fused-ring (bicyclic) bond motifs is 6. The summed E-state index contributed by atoms with van der Waals surface area (Å²) in [5.41, 5.74) is 14.9. The van der Waals surface area contributed by atoms with Crippen molar-refractivity contribution in [2.24, 2.45) is 0 Å². The van der Waals surface area contributed by atoms with Crippen molar-refractivity contribution in [2.75, 3.05) is 11.1 Å². The highest BCUT2D eigenvalue weighted by Crippen LogP contribution is 2.56. The first kappa shape index (κ1) is 14.6. The number of nitrogens with one attached hydrogen (secondary N) is 1. The lowest BCUT2D eigenvalue weighted by atomic mass is 9.58. The zero-order valence-corrected chi connectivity index (χ0v) is 14.4. The summed E-state index contributed by atoms with van der Waals surface area (Å²) >= 11 is 0. The molecule has 0 radical (unpaired) electrons. The first-order valence-corrected chi connectivity index (χ1v) is 9.06. The Labute approximate surface area is 148 Å². The second kappa shape index (κ2) is 5.13. The Hall–Kier alpha value is -2.74. The Balaban J connectivity index is 1.91. The lowest BCUT2D eigenvalue weighted by Gasteiger charge is -2.46. The molecule has 124 valence electrons. The topological polar surface area (TPSA) is 38.0 Å². The minimum atomic E-state index is -0.115. The van der Waals surface area contributed by atoms with E-state index in [1.165, 1.54) is 40.0 Å². The molecule has 0 saturated heterocycles. The van der Waals surface area contributed by atoms with Crippen LogP contribution in [0, 0.1) is 0 Å². The van der Waals surface area contributed by atoms with Gasteiger partial charge in [0.05, 0.1) is 0 Å². The number of anilines is 3. The maximum absolute atomic E-state index is 6.21. The summed E-state index contributed by atoms with van der Waals surface area (Å²) in [4.78, 5) is 0. The lowest BCUT2D eigenvalue weighted by molar-refractivity contribution is 0.456. The molecule has 0 saturated carbocycles. The zero-order chi connectivity index (χ0) is 17.0. The summed E-state index contributed by atoms with van der Waals surface area (Å²) in [7, 11) is 0. The van der Waals surface area contributed by atoms with Gasteiger partial charge in [0.15, 0.2) is 0 Å². The van der Waals surface area contributed by atoms with Crippen molar-refractivity contribution >= 4 is 17.1 Å². The highest BCUT2D eigenvalue weighted by Gasteiger charge is 2.46. The van der Waals surface area contributed by atoms with Gasteiger partial charge in [-0.15, -0.1) is 0 Å². The molecule has 2 atom stereocenters. The van der Waals surface area contributed by atoms with Gasteiger partial charge >= 0.3 is 0 Å². The minimum Gasteiger partial charge on any atom is -0.399 e. The molecule has 0 amide bonds. The van der Waals surface area contributed by atoms with Gasteiger partial charge < -0.3 is 11.1 Å². The zero-order valence-electron chi connectivity index (χ0n) is 14.4. The van der Waals surface area contributed by atoms with E-state index in [1.807, 2.05) is 6.07 Å². The molecule has 0 fully saturated rings. The van der Waals surface area contributed by atoms with Crippen LogP contribution in [0.15, 0.2) is 66.7 Å². The van der Waals surface area contributed by atoms with Crippen LogP contribution in [0.1, 0.15) is 47.9 Å². The van der Waals surface area contributed by atoms with Crippen LogP contribution in [-0.2, 0) is 5.41 Å². The van der Waals surface area contributed by atoms with Crippen molar-refractivity contribution < 1.29 is 0 Å². The number of hydrogen-bond donors (Lipinski definition) is 2. The Morgan fingerprint density at radius 3 is 2.48 bits per heavy atom.